The van der Waals surface area contributed by atoms with Crippen molar-refractivity contribution in [2.24, 2.45) is 0 Å². The zero-order chi connectivity index (χ0) is 22.4. The maximum absolute atomic E-state index is 11.6. The Morgan fingerprint density at radius 1 is 0.833 bits per heavy atom. The van der Waals surface area contributed by atoms with Crippen LogP contribution in [-0.4, -0.2) is 19.6 Å². The first kappa shape index (κ1) is 27.0. The molecule has 0 aliphatic carbocycles. The standard InChI is InChI=1S/C25H44O4S/c1-5-6-7-8-9-10-11-12-13-14-15-16-17-18-29-24-19-22(4)25(30(26,27)28)20-23(24)21(2)3/h19-21H,5-18H2,1-4H3,(H,26,27,28). The van der Waals surface area contributed by atoms with Gasteiger partial charge in [0.25, 0.3) is 10.1 Å². The van der Waals surface area contributed by atoms with Gasteiger partial charge in [-0.15, -0.1) is 0 Å². The summed E-state index contributed by atoms with van der Waals surface area (Å²) in [7, 11) is -4.21. The predicted molar refractivity (Wildman–Crippen MR) is 126 cm³/mol. The van der Waals surface area contributed by atoms with Crippen molar-refractivity contribution in [2.75, 3.05) is 6.61 Å². The first-order valence-corrected chi connectivity index (χ1v) is 13.5. The van der Waals surface area contributed by atoms with E-state index in [1.165, 1.54) is 70.6 Å². The Bertz CT molecular complexity index is 695. The van der Waals surface area contributed by atoms with Gasteiger partial charge < -0.3 is 4.74 Å². The van der Waals surface area contributed by atoms with E-state index in [1.807, 2.05) is 13.8 Å². The summed E-state index contributed by atoms with van der Waals surface area (Å²) in [5.74, 6) is 0.849. The zero-order valence-corrected chi connectivity index (χ0v) is 20.5. The second kappa shape index (κ2) is 14.9. The summed E-state index contributed by atoms with van der Waals surface area (Å²) >= 11 is 0. The monoisotopic (exact) mass is 440 g/mol. The van der Waals surface area contributed by atoms with Crippen molar-refractivity contribution in [2.45, 2.75) is 122 Å². The lowest BCUT2D eigenvalue weighted by Gasteiger charge is -2.17. The molecule has 1 N–H and O–H groups in total. The second-order valence-corrected chi connectivity index (χ2v) is 10.3. The molecule has 0 saturated carbocycles. The van der Waals surface area contributed by atoms with Crippen LogP contribution in [0.4, 0.5) is 0 Å². The van der Waals surface area contributed by atoms with Crippen LogP contribution in [-0.2, 0) is 10.1 Å². The number of unbranched alkanes of at least 4 members (excludes halogenated alkanes) is 12. The van der Waals surface area contributed by atoms with Crippen LogP contribution in [0.2, 0.25) is 0 Å². The van der Waals surface area contributed by atoms with E-state index < -0.39 is 10.1 Å². The Kier molecular flexibility index (Phi) is 13.3. The van der Waals surface area contributed by atoms with Gasteiger partial charge in [-0.2, -0.15) is 8.42 Å². The molecule has 0 aromatic heterocycles. The van der Waals surface area contributed by atoms with E-state index in [-0.39, 0.29) is 10.8 Å². The third-order valence-corrected chi connectivity index (χ3v) is 6.71. The van der Waals surface area contributed by atoms with Gasteiger partial charge in [0.15, 0.2) is 0 Å². The maximum atomic E-state index is 11.6. The summed E-state index contributed by atoms with van der Waals surface area (Å²) < 4.78 is 38.5. The Morgan fingerprint density at radius 2 is 1.30 bits per heavy atom. The van der Waals surface area contributed by atoms with Crippen LogP contribution < -0.4 is 4.74 Å². The third-order valence-electron chi connectivity index (χ3n) is 5.71. The van der Waals surface area contributed by atoms with Crippen molar-refractivity contribution < 1.29 is 17.7 Å². The average molecular weight is 441 g/mol. The number of ether oxygens (including phenoxy) is 1. The topological polar surface area (TPSA) is 63.6 Å². The van der Waals surface area contributed by atoms with E-state index in [2.05, 4.69) is 6.92 Å². The minimum atomic E-state index is -4.21. The third kappa shape index (κ3) is 10.8. The van der Waals surface area contributed by atoms with E-state index in [0.717, 1.165) is 24.2 Å². The molecule has 0 aliphatic heterocycles. The van der Waals surface area contributed by atoms with E-state index in [9.17, 15) is 13.0 Å². The Morgan fingerprint density at radius 3 is 1.73 bits per heavy atom. The smallest absolute Gasteiger partial charge is 0.294 e. The SMILES string of the molecule is CCCCCCCCCCCCCCCOc1cc(C)c(S(=O)(=O)O)cc1C(C)C. The van der Waals surface area contributed by atoms with Crippen LogP contribution in [0.15, 0.2) is 17.0 Å². The summed E-state index contributed by atoms with van der Waals surface area (Å²) in [4.78, 5) is -0.0282. The van der Waals surface area contributed by atoms with Gasteiger partial charge in [0.05, 0.1) is 11.5 Å². The molecule has 4 nitrogen and oxygen atoms in total. The molecule has 0 amide bonds. The Balaban J connectivity index is 2.22. The van der Waals surface area contributed by atoms with Crippen LogP contribution in [0.25, 0.3) is 0 Å². The fourth-order valence-corrected chi connectivity index (χ4v) is 4.58. The molecule has 0 spiro atoms. The molecule has 0 heterocycles. The molecule has 0 saturated heterocycles. The van der Waals surface area contributed by atoms with Gasteiger partial charge in [-0.25, -0.2) is 0 Å². The van der Waals surface area contributed by atoms with Crippen molar-refractivity contribution in [3.8, 4) is 5.75 Å². The number of hydrogen-bond donors (Lipinski definition) is 1. The molecule has 30 heavy (non-hydrogen) atoms. The summed E-state index contributed by atoms with van der Waals surface area (Å²) in [5.41, 5.74) is 1.34. The highest BCUT2D eigenvalue weighted by Gasteiger charge is 2.18. The van der Waals surface area contributed by atoms with E-state index >= 15 is 0 Å². The molecule has 0 unspecified atom stereocenters. The van der Waals surface area contributed by atoms with Crippen molar-refractivity contribution in [1.82, 2.24) is 0 Å². The van der Waals surface area contributed by atoms with Gasteiger partial charge in [-0.05, 0) is 42.5 Å². The Labute approximate surface area is 185 Å². The first-order valence-electron chi connectivity index (χ1n) is 12.0. The number of benzene rings is 1. The lowest BCUT2D eigenvalue weighted by Crippen LogP contribution is -2.07. The van der Waals surface area contributed by atoms with Gasteiger partial charge in [0.1, 0.15) is 5.75 Å². The van der Waals surface area contributed by atoms with Crippen LogP contribution in [0.5, 0.6) is 5.75 Å². The molecule has 5 heteroatoms. The fraction of sp³-hybridized carbons (Fsp3) is 0.760. The van der Waals surface area contributed by atoms with Crippen molar-refractivity contribution in [3.63, 3.8) is 0 Å². The van der Waals surface area contributed by atoms with Crippen LogP contribution in [0.1, 0.15) is 121 Å². The minimum Gasteiger partial charge on any atom is -0.493 e. The molecule has 1 rings (SSSR count). The van der Waals surface area contributed by atoms with Crippen molar-refractivity contribution >= 4 is 10.1 Å². The van der Waals surface area contributed by atoms with Gasteiger partial charge in [-0.3, -0.25) is 4.55 Å². The molecule has 0 aliphatic rings. The molecule has 0 radical (unpaired) electrons. The lowest BCUT2D eigenvalue weighted by atomic mass is 10.0. The molecule has 0 atom stereocenters. The molecule has 174 valence electrons. The maximum Gasteiger partial charge on any atom is 0.294 e. The van der Waals surface area contributed by atoms with Crippen molar-refractivity contribution in [1.29, 1.82) is 0 Å². The zero-order valence-electron chi connectivity index (χ0n) is 19.7. The quantitative estimate of drug-likeness (QED) is 0.198. The number of hydrogen-bond acceptors (Lipinski definition) is 3. The van der Waals surface area contributed by atoms with Crippen LogP contribution >= 0.6 is 0 Å². The molecule has 1 aromatic carbocycles. The molecular weight excluding hydrogens is 396 g/mol. The lowest BCUT2D eigenvalue weighted by molar-refractivity contribution is 0.300. The molecule has 0 fully saturated rings. The molecule has 0 bridgehead atoms. The average Bonchev–Trinajstić information content (AvgIpc) is 2.67. The van der Waals surface area contributed by atoms with Crippen LogP contribution in [0.3, 0.4) is 0 Å². The van der Waals surface area contributed by atoms with Gasteiger partial charge >= 0.3 is 0 Å². The number of rotatable bonds is 17. The van der Waals surface area contributed by atoms with Gasteiger partial charge in [0.2, 0.25) is 0 Å². The van der Waals surface area contributed by atoms with E-state index in [4.69, 9.17) is 4.74 Å². The summed E-state index contributed by atoms with van der Waals surface area (Å²) in [6.07, 6.45) is 17.1. The van der Waals surface area contributed by atoms with Crippen LogP contribution in [0, 0.1) is 6.92 Å². The Hall–Kier alpha value is -1.07. The summed E-state index contributed by atoms with van der Waals surface area (Å²) in [6, 6.07) is 3.29. The predicted octanol–water partition coefficient (Wildman–Crippen LogP) is 7.84. The van der Waals surface area contributed by atoms with Gasteiger partial charge in [-0.1, -0.05) is 97.8 Å². The normalized spacial score (nSPS) is 11.9. The minimum absolute atomic E-state index is 0.0282. The van der Waals surface area contributed by atoms with Gasteiger partial charge in [0, 0.05) is 0 Å². The highest BCUT2D eigenvalue weighted by Crippen LogP contribution is 2.32. The molecular formula is C25H44O4S. The highest BCUT2D eigenvalue weighted by molar-refractivity contribution is 7.85. The second-order valence-electron chi connectivity index (χ2n) is 8.88. The molecule has 1 aromatic rings. The fourth-order valence-electron chi connectivity index (χ4n) is 3.83. The van der Waals surface area contributed by atoms with E-state index in [0.29, 0.717) is 12.2 Å². The highest BCUT2D eigenvalue weighted by atomic mass is 32.2. The van der Waals surface area contributed by atoms with E-state index in [1.54, 1.807) is 19.1 Å². The first-order chi connectivity index (χ1) is 14.3. The largest absolute Gasteiger partial charge is 0.493 e. The summed E-state index contributed by atoms with van der Waals surface area (Å²) in [6.45, 7) is 8.58. The number of aryl methyl sites for hydroxylation is 1. The summed E-state index contributed by atoms with van der Waals surface area (Å²) in [5, 5.41) is 0. The van der Waals surface area contributed by atoms with Crippen molar-refractivity contribution in [3.05, 3.63) is 23.3 Å².